The number of aromatic hydroxyl groups is 1. The second-order valence-corrected chi connectivity index (χ2v) is 14.9. The Balaban J connectivity index is 1.26. The average Bonchev–Trinajstić information content (AvgIpc) is 3.84. The van der Waals surface area contributed by atoms with E-state index in [0.717, 1.165) is 38.8 Å². The molecule has 6 heterocycles. The molecule has 9 rings (SSSR count). The van der Waals surface area contributed by atoms with Crippen molar-refractivity contribution in [2.45, 2.75) is 55.9 Å². The zero-order valence-electron chi connectivity index (χ0n) is 29.2. The molecule has 10 nitrogen and oxygen atoms in total. The van der Waals surface area contributed by atoms with Crippen LogP contribution in [0, 0.1) is 24.0 Å². The fraction of sp³-hybridized carbons (Fsp3) is 0.462. The Kier molecular flexibility index (Phi) is 7.98. The van der Waals surface area contributed by atoms with Crippen molar-refractivity contribution in [1.29, 1.82) is 0 Å². The van der Waals surface area contributed by atoms with Gasteiger partial charge in [0.1, 0.15) is 41.2 Å². The third-order valence-electron chi connectivity index (χ3n) is 11.8. The normalized spacial score (nSPS) is 24.8. The second kappa shape index (κ2) is 12.5. The Bertz CT molecular complexity index is 2280. The van der Waals surface area contributed by atoms with Crippen LogP contribution in [-0.2, 0) is 11.8 Å². The molecule has 4 saturated heterocycles. The van der Waals surface area contributed by atoms with Crippen molar-refractivity contribution < 1.29 is 27.8 Å². The number of ether oxygens (including phenoxy) is 2. The summed E-state index contributed by atoms with van der Waals surface area (Å²) in [5, 5.41) is 17.4. The number of rotatable bonds is 8. The van der Waals surface area contributed by atoms with Gasteiger partial charge < -0.3 is 19.5 Å². The van der Waals surface area contributed by atoms with E-state index in [9.17, 15) is 9.50 Å². The molecule has 52 heavy (non-hydrogen) atoms. The first kappa shape index (κ1) is 33.2. The van der Waals surface area contributed by atoms with Gasteiger partial charge in [-0.05, 0) is 61.4 Å². The van der Waals surface area contributed by atoms with Crippen molar-refractivity contribution in [3.63, 3.8) is 0 Å². The molecule has 4 aliphatic rings. The molecule has 2 bridgehead atoms. The number of phenolic OH excluding ortho intramolecular Hbond substituents is 1. The van der Waals surface area contributed by atoms with E-state index in [1.165, 1.54) is 24.3 Å². The first-order valence-electron chi connectivity index (χ1n) is 18.0. The number of anilines is 1. The number of aryl methyl sites for hydroxylation is 1. The maximum atomic E-state index is 17.7. The van der Waals surface area contributed by atoms with Gasteiger partial charge in [-0.1, -0.05) is 12.0 Å². The van der Waals surface area contributed by atoms with E-state index in [-0.39, 0.29) is 58.0 Å². The summed E-state index contributed by atoms with van der Waals surface area (Å²) < 4.78 is 61.0. The minimum absolute atomic E-state index is 0.00408. The summed E-state index contributed by atoms with van der Waals surface area (Å²) in [6, 6.07) is 6.13. The van der Waals surface area contributed by atoms with Crippen molar-refractivity contribution in [2.24, 2.45) is 7.05 Å². The second-order valence-electron chi connectivity index (χ2n) is 14.9. The highest BCUT2D eigenvalue weighted by Gasteiger charge is 2.49. The largest absolute Gasteiger partial charge is 0.508 e. The minimum Gasteiger partial charge on any atom is -0.508 e. The summed E-state index contributed by atoms with van der Waals surface area (Å²) in [5.74, 6) is 1.48. The molecule has 4 atom stereocenters. The highest BCUT2D eigenvalue weighted by Crippen LogP contribution is 2.46. The molecular formula is C39H40F3N7O3. The number of fused-ring (bicyclic) bond motifs is 7. The zero-order valence-corrected chi connectivity index (χ0v) is 29.2. The number of hydrogen-bond acceptors (Lipinski definition) is 9. The van der Waals surface area contributed by atoms with E-state index in [1.54, 1.807) is 25.0 Å². The van der Waals surface area contributed by atoms with Gasteiger partial charge in [0.25, 0.3) is 0 Å². The van der Waals surface area contributed by atoms with E-state index in [1.807, 2.05) is 0 Å². The quantitative estimate of drug-likeness (QED) is 0.208. The lowest BCUT2D eigenvalue weighted by molar-refractivity contribution is 0.105. The van der Waals surface area contributed by atoms with Crippen molar-refractivity contribution >= 4 is 38.4 Å². The molecule has 2 aromatic heterocycles. The van der Waals surface area contributed by atoms with Crippen LogP contribution < -0.4 is 9.64 Å². The van der Waals surface area contributed by atoms with Crippen LogP contribution in [-0.4, -0.2) is 111 Å². The Hall–Kier alpha value is -4.64. The predicted molar refractivity (Wildman–Crippen MR) is 192 cm³/mol. The number of benzene rings is 3. The van der Waals surface area contributed by atoms with Gasteiger partial charge in [0.15, 0.2) is 5.82 Å². The molecule has 270 valence electrons. The van der Waals surface area contributed by atoms with Gasteiger partial charge in [-0.2, -0.15) is 15.1 Å². The third kappa shape index (κ3) is 5.17. The topological polar surface area (TPSA) is 92.0 Å². The van der Waals surface area contributed by atoms with Crippen LogP contribution in [0.25, 0.3) is 43.7 Å². The molecule has 5 aromatic rings. The van der Waals surface area contributed by atoms with E-state index < -0.39 is 23.3 Å². The molecule has 0 amide bonds. The summed E-state index contributed by atoms with van der Waals surface area (Å²) in [6.07, 6.45) is 10.9. The number of hydrogen-bond donors (Lipinski definition) is 1. The fourth-order valence-corrected chi connectivity index (χ4v) is 9.59. The first-order valence-corrected chi connectivity index (χ1v) is 18.0. The van der Waals surface area contributed by atoms with E-state index in [0.29, 0.717) is 60.2 Å². The van der Waals surface area contributed by atoms with Gasteiger partial charge in [-0.15, -0.1) is 6.42 Å². The maximum absolute atomic E-state index is 17.7. The monoisotopic (exact) mass is 711 g/mol. The van der Waals surface area contributed by atoms with Gasteiger partial charge in [-0.3, -0.25) is 14.5 Å². The molecule has 0 spiro atoms. The lowest BCUT2D eigenvalue weighted by Crippen LogP contribution is -2.54. The van der Waals surface area contributed by atoms with Crippen molar-refractivity contribution in [3.8, 4) is 35.2 Å². The van der Waals surface area contributed by atoms with E-state index in [2.05, 4.69) is 20.6 Å². The van der Waals surface area contributed by atoms with Crippen LogP contribution in [0.15, 0.2) is 30.5 Å². The lowest BCUT2D eigenvalue weighted by atomic mass is 9.91. The number of terminal acetylenes is 1. The molecule has 13 heteroatoms. The van der Waals surface area contributed by atoms with Crippen LogP contribution >= 0.6 is 0 Å². The highest BCUT2D eigenvalue weighted by atomic mass is 19.1. The van der Waals surface area contributed by atoms with Gasteiger partial charge in [-0.25, -0.2) is 13.2 Å². The van der Waals surface area contributed by atoms with E-state index >= 15 is 8.78 Å². The van der Waals surface area contributed by atoms with Crippen LogP contribution in [0.4, 0.5) is 19.0 Å². The number of piperazine rings is 1. The molecule has 0 saturated carbocycles. The molecule has 4 fully saturated rings. The summed E-state index contributed by atoms with van der Waals surface area (Å²) in [7, 11) is 3.46. The van der Waals surface area contributed by atoms with Crippen molar-refractivity contribution in [1.82, 2.24) is 29.5 Å². The summed E-state index contributed by atoms with van der Waals surface area (Å²) in [5.41, 5.74) is 0.0224. The smallest absolute Gasteiger partial charge is 0.319 e. The molecule has 0 aliphatic carbocycles. The number of nitrogens with zero attached hydrogens (tertiary/aromatic N) is 7. The molecule has 1 N–H and O–H groups in total. The molecule has 3 aromatic carbocycles. The average molecular weight is 712 g/mol. The molecule has 2 unspecified atom stereocenters. The Morgan fingerprint density at radius 3 is 2.65 bits per heavy atom. The van der Waals surface area contributed by atoms with E-state index in [4.69, 9.17) is 31.0 Å². The highest BCUT2D eigenvalue weighted by molar-refractivity contribution is 6.18. The maximum Gasteiger partial charge on any atom is 0.319 e. The summed E-state index contributed by atoms with van der Waals surface area (Å²) in [4.78, 5) is 16.6. The summed E-state index contributed by atoms with van der Waals surface area (Å²) in [6.45, 7) is 4.16. The Morgan fingerprint density at radius 1 is 1.08 bits per heavy atom. The first-order chi connectivity index (χ1) is 25.2. The minimum atomic E-state index is -0.935. The van der Waals surface area contributed by atoms with Crippen LogP contribution in [0.5, 0.6) is 11.8 Å². The third-order valence-corrected chi connectivity index (χ3v) is 11.8. The van der Waals surface area contributed by atoms with Crippen LogP contribution in [0.2, 0.25) is 0 Å². The number of phenols is 1. The fourth-order valence-electron chi connectivity index (χ4n) is 9.59. The number of halogens is 3. The molecular weight excluding hydrogens is 671 g/mol. The van der Waals surface area contributed by atoms with Gasteiger partial charge in [0, 0.05) is 81.4 Å². The molecule has 0 radical (unpaired) electrons. The van der Waals surface area contributed by atoms with Crippen LogP contribution in [0.1, 0.15) is 37.7 Å². The van der Waals surface area contributed by atoms with Crippen molar-refractivity contribution in [3.05, 3.63) is 47.7 Å². The summed E-state index contributed by atoms with van der Waals surface area (Å²) >= 11 is 0. The zero-order chi connectivity index (χ0) is 35.9. The standard InChI is InChI=1S/C39H40F3N7O3/c1-4-27-30(41)9-6-22-14-26(50)15-28(31(22)27)32-34(42)36-33(29-20-46(2)45-35(29)32)37(47-18-24-7-8-25(19-47)49(24)12-13-51-3)44-38(43-36)52-21-39-10-5-11-48(39)17-23(40)16-39/h1,6,9,14-15,20,23-25,50H,5,7-8,10-13,16-19,21H2,2-3H3/t23-,24?,25?,39+/m1/s1. The number of aromatic nitrogens is 4. The Morgan fingerprint density at radius 2 is 1.88 bits per heavy atom. The van der Waals surface area contributed by atoms with Gasteiger partial charge in [0.2, 0.25) is 0 Å². The van der Waals surface area contributed by atoms with Crippen LogP contribution in [0.3, 0.4) is 0 Å². The molecule has 4 aliphatic heterocycles. The predicted octanol–water partition coefficient (Wildman–Crippen LogP) is 5.56. The lowest BCUT2D eigenvalue weighted by Gasteiger charge is -2.41. The number of methoxy groups -OCH3 is 1. The SMILES string of the molecule is C#Cc1c(F)ccc2cc(O)cc(-c3c(F)c4nc(OC[C@@]56CCCN5C[C@H](F)C6)nc(N5CC6CCC(C5)N6CCOC)c4c4cn(C)nc34)c12. The van der Waals surface area contributed by atoms with Crippen molar-refractivity contribution in [2.75, 3.05) is 57.9 Å². The number of alkyl halides is 1. The van der Waals surface area contributed by atoms with Gasteiger partial charge >= 0.3 is 6.01 Å². The van der Waals surface area contributed by atoms with Gasteiger partial charge in [0.05, 0.1) is 23.1 Å². The Labute approximate surface area is 299 Å².